The molecule has 0 spiro atoms. The number of carbonyl (C=O) groups is 3. The maximum absolute atomic E-state index is 13.2. The molecule has 2 aromatic rings. The number of aryl methyl sites for hydroxylation is 1. The van der Waals surface area contributed by atoms with E-state index in [2.05, 4.69) is 11.4 Å². The lowest BCUT2D eigenvalue weighted by Crippen LogP contribution is -2.53. The van der Waals surface area contributed by atoms with Gasteiger partial charge in [-0.05, 0) is 48.4 Å². The molecule has 2 atom stereocenters. The molecule has 2 aliphatic rings. The molecule has 1 aliphatic heterocycles. The molecule has 0 bridgehead atoms. The Kier molecular flexibility index (Phi) is 4.75. The number of nitrogens with zero attached hydrogens (tertiary/aromatic N) is 1. The van der Waals surface area contributed by atoms with E-state index >= 15 is 0 Å². The van der Waals surface area contributed by atoms with Crippen LogP contribution < -0.4 is 5.32 Å². The minimum absolute atomic E-state index is 0.0890. The Hall–Kier alpha value is -2.95. The minimum Gasteiger partial charge on any atom is -0.347 e. The Morgan fingerprint density at radius 1 is 1.00 bits per heavy atom. The van der Waals surface area contributed by atoms with E-state index in [1.54, 1.807) is 24.3 Å². The fraction of sp³-hybridized carbons (Fsp3) is 0.348. The Morgan fingerprint density at radius 3 is 2.25 bits per heavy atom. The summed E-state index contributed by atoms with van der Waals surface area (Å²) < 4.78 is 0. The van der Waals surface area contributed by atoms with Crippen molar-refractivity contribution in [3.05, 3.63) is 70.8 Å². The highest BCUT2D eigenvalue weighted by molar-refractivity contribution is 6.22. The standard InChI is InChI=1S/C23H24N2O3/c1-14(2)20(25-22(27)17-11-5-6-12-18(17)23(25)28)21(26)24-19-13-7-9-15-8-3-4-10-16(15)19/h3-6,8,10-12,14,19-20H,7,9,13H2,1-2H3,(H,24,26)/t19-,20-/m0/s1. The lowest BCUT2D eigenvalue weighted by Gasteiger charge is -2.32. The zero-order valence-electron chi connectivity index (χ0n) is 16.1. The van der Waals surface area contributed by atoms with Crippen molar-refractivity contribution in [3.8, 4) is 0 Å². The fourth-order valence-electron chi connectivity index (χ4n) is 4.34. The first kappa shape index (κ1) is 18.4. The van der Waals surface area contributed by atoms with Gasteiger partial charge in [0.05, 0.1) is 17.2 Å². The lowest BCUT2D eigenvalue weighted by atomic mass is 9.87. The van der Waals surface area contributed by atoms with Crippen LogP contribution in [0.25, 0.3) is 0 Å². The third kappa shape index (κ3) is 3.01. The van der Waals surface area contributed by atoms with E-state index in [1.165, 1.54) is 5.56 Å². The van der Waals surface area contributed by atoms with Gasteiger partial charge in [0.15, 0.2) is 0 Å². The van der Waals surface area contributed by atoms with Gasteiger partial charge < -0.3 is 5.32 Å². The Labute approximate surface area is 164 Å². The summed E-state index contributed by atoms with van der Waals surface area (Å²) in [6, 6.07) is 14.0. The molecule has 144 valence electrons. The summed E-state index contributed by atoms with van der Waals surface area (Å²) in [5.41, 5.74) is 3.12. The molecule has 28 heavy (non-hydrogen) atoms. The third-order valence-corrected chi connectivity index (χ3v) is 5.69. The summed E-state index contributed by atoms with van der Waals surface area (Å²) in [6.07, 6.45) is 2.87. The van der Waals surface area contributed by atoms with Gasteiger partial charge in [-0.3, -0.25) is 19.3 Å². The zero-order valence-corrected chi connectivity index (χ0v) is 16.1. The highest BCUT2D eigenvalue weighted by Gasteiger charge is 2.44. The van der Waals surface area contributed by atoms with E-state index in [4.69, 9.17) is 0 Å². The maximum Gasteiger partial charge on any atom is 0.262 e. The summed E-state index contributed by atoms with van der Waals surface area (Å²) >= 11 is 0. The molecule has 1 aliphatic carbocycles. The number of hydrogen-bond donors (Lipinski definition) is 1. The highest BCUT2D eigenvalue weighted by Crippen LogP contribution is 2.31. The highest BCUT2D eigenvalue weighted by atomic mass is 16.2. The lowest BCUT2D eigenvalue weighted by molar-refractivity contribution is -0.127. The normalized spacial score (nSPS) is 19.4. The van der Waals surface area contributed by atoms with Gasteiger partial charge in [0.1, 0.15) is 6.04 Å². The predicted molar refractivity (Wildman–Crippen MR) is 106 cm³/mol. The molecule has 0 saturated heterocycles. The Bertz CT molecular complexity index is 915. The van der Waals surface area contributed by atoms with Crippen LogP contribution in [0.1, 0.15) is 64.6 Å². The Morgan fingerprint density at radius 2 is 1.61 bits per heavy atom. The van der Waals surface area contributed by atoms with Gasteiger partial charge in [-0.25, -0.2) is 0 Å². The van der Waals surface area contributed by atoms with Gasteiger partial charge >= 0.3 is 0 Å². The second-order valence-corrected chi connectivity index (χ2v) is 7.87. The van der Waals surface area contributed by atoms with Gasteiger partial charge in [0.25, 0.3) is 11.8 Å². The molecule has 5 nitrogen and oxygen atoms in total. The number of fused-ring (bicyclic) bond motifs is 2. The molecule has 1 N–H and O–H groups in total. The average molecular weight is 376 g/mol. The Balaban J connectivity index is 1.61. The van der Waals surface area contributed by atoms with Crippen LogP contribution >= 0.6 is 0 Å². The van der Waals surface area contributed by atoms with Crippen molar-refractivity contribution in [1.29, 1.82) is 0 Å². The van der Waals surface area contributed by atoms with E-state index in [9.17, 15) is 14.4 Å². The topological polar surface area (TPSA) is 66.5 Å². The van der Waals surface area contributed by atoms with Gasteiger partial charge in [-0.15, -0.1) is 0 Å². The van der Waals surface area contributed by atoms with Crippen molar-refractivity contribution < 1.29 is 14.4 Å². The molecular weight excluding hydrogens is 352 g/mol. The molecule has 0 saturated carbocycles. The van der Waals surface area contributed by atoms with Crippen molar-refractivity contribution in [2.45, 2.75) is 45.2 Å². The largest absolute Gasteiger partial charge is 0.347 e. The molecule has 1 heterocycles. The van der Waals surface area contributed by atoms with E-state index in [0.29, 0.717) is 11.1 Å². The quantitative estimate of drug-likeness (QED) is 0.831. The molecule has 3 amide bonds. The second kappa shape index (κ2) is 7.23. The van der Waals surface area contributed by atoms with Crippen LogP contribution in [-0.4, -0.2) is 28.7 Å². The smallest absolute Gasteiger partial charge is 0.262 e. The number of carbonyl (C=O) groups excluding carboxylic acids is 3. The minimum atomic E-state index is -0.832. The van der Waals surface area contributed by atoms with Crippen LogP contribution in [0.3, 0.4) is 0 Å². The molecular formula is C23H24N2O3. The molecule has 5 heteroatoms. The second-order valence-electron chi connectivity index (χ2n) is 7.87. The molecule has 0 fully saturated rings. The number of imide groups is 1. The zero-order chi connectivity index (χ0) is 19.8. The maximum atomic E-state index is 13.2. The van der Waals surface area contributed by atoms with Crippen LogP contribution in [0.4, 0.5) is 0 Å². The van der Waals surface area contributed by atoms with Crippen molar-refractivity contribution in [2.75, 3.05) is 0 Å². The summed E-state index contributed by atoms with van der Waals surface area (Å²) in [6.45, 7) is 3.73. The fourth-order valence-corrected chi connectivity index (χ4v) is 4.34. The van der Waals surface area contributed by atoms with Crippen LogP contribution in [0, 0.1) is 5.92 Å². The molecule has 2 aromatic carbocycles. The predicted octanol–water partition coefficient (Wildman–Crippen LogP) is 3.50. The molecule has 0 radical (unpaired) electrons. The van der Waals surface area contributed by atoms with Crippen molar-refractivity contribution in [1.82, 2.24) is 10.2 Å². The van der Waals surface area contributed by atoms with E-state index in [1.807, 2.05) is 32.0 Å². The summed E-state index contributed by atoms with van der Waals surface area (Å²) in [5.74, 6) is -1.25. The first-order chi connectivity index (χ1) is 13.5. The van der Waals surface area contributed by atoms with Crippen LogP contribution in [0.2, 0.25) is 0 Å². The average Bonchev–Trinajstić information content (AvgIpc) is 2.94. The van der Waals surface area contributed by atoms with Crippen LogP contribution in [0.5, 0.6) is 0 Å². The van der Waals surface area contributed by atoms with E-state index in [-0.39, 0.29) is 17.9 Å². The van der Waals surface area contributed by atoms with E-state index < -0.39 is 17.9 Å². The number of hydrogen-bond acceptors (Lipinski definition) is 3. The number of rotatable bonds is 4. The molecule has 0 aromatic heterocycles. The number of amides is 3. The van der Waals surface area contributed by atoms with Gasteiger partial charge in [0, 0.05) is 0 Å². The summed E-state index contributed by atoms with van der Waals surface area (Å²) in [5, 5.41) is 3.12. The monoisotopic (exact) mass is 376 g/mol. The van der Waals surface area contributed by atoms with Crippen molar-refractivity contribution in [3.63, 3.8) is 0 Å². The van der Waals surface area contributed by atoms with Gasteiger partial charge in [0.2, 0.25) is 5.91 Å². The van der Waals surface area contributed by atoms with Crippen LogP contribution in [0.15, 0.2) is 48.5 Å². The van der Waals surface area contributed by atoms with Gasteiger partial charge in [-0.1, -0.05) is 50.2 Å². The SMILES string of the molecule is CC(C)[C@@H](C(=O)N[C@H]1CCCc2ccccc21)N1C(=O)c2ccccc2C1=O. The van der Waals surface area contributed by atoms with Crippen LogP contribution in [-0.2, 0) is 11.2 Å². The summed E-state index contributed by atoms with van der Waals surface area (Å²) in [4.78, 5) is 40.1. The van der Waals surface area contributed by atoms with Gasteiger partial charge in [-0.2, -0.15) is 0 Å². The number of benzene rings is 2. The summed E-state index contributed by atoms with van der Waals surface area (Å²) in [7, 11) is 0. The molecule has 0 unspecified atom stereocenters. The molecule has 4 rings (SSSR count). The first-order valence-electron chi connectivity index (χ1n) is 9.84. The third-order valence-electron chi connectivity index (χ3n) is 5.69. The van der Waals surface area contributed by atoms with Crippen molar-refractivity contribution in [2.24, 2.45) is 5.92 Å². The van der Waals surface area contributed by atoms with E-state index in [0.717, 1.165) is 29.7 Å². The number of nitrogens with one attached hydrogen (secondary N) is 1. The van der Waals surface area contributed by atoms with Crippen molar-refractivity contribution >= 4 is 17.7 Å². The first-order valence-corrected chi connectivity index (χ1v) is 9.84.